The van der Waals surface area contributed by atoms with Crippen LogP contribution in [0.5, 0.6) is 0 Å². The van der Waals surface area contributed by atoms with Crippen LogP contribution in [0, 0.1) is 17.0 Å². The van der Waals surface area contributed by atoms with E-state index in [1.54, 1.807) is 18.7 Å². The zero-order valence-electron chi connectivity index (χ0n) is 14.1. The minimum Gasteiger partial charge on any atom is -0.354 e. The lowest BCUT2D eigenvalue weighted by molar-refractivity contribution is -0.386. The van der Waals surface area contributed by atoms with Crippen LogP contribution in [-0.4, -0.2) is 10.1 Å². The molecule has 0 spiro atoms. The maximum atomic E-state index is 11.3. The number of aryl methyl sites for hydroxylation is 1. The Bertz CT molecular complexity index is 882. The van der Waals surface area contributed by atoms with Gasteiger partial charge in [-0.1, -0.05) is 63.6 Å². The Morgan fingerprint density at radius 3 is 2.54 bits per heavy atom. The summed E-state index contributed by atoms with van der Waals surface area (Å²) < 4.78 is 6.27. The number of rotatable bonds is 7. The van der Waals surface area contributed by atoms with Crippen molar-refractivity contribution in [2.45, 2.75) is 24.3 Å². The van der Waals surface area contributed by atoms with E-state index < -0.39 is 4.92 Å². The van der Waals surface area contributed by atoms with Crippen LogP contribution in [-0.2, 0) is 12.2 Å². The molecule has 1 atom stereocenters. The van der Waals surface area contributed by atoms with Crippen LogP contribution in [0.15, 0.2) is 63.6 Å². The number of aromatic nitrogens is 1. The first-order valence-corrected chi connectivity index (χ1v) is 9.89. The normalized spacial score (nSPS) is 12.1. The molecule has 0 radical (unpaired) electrons. The van der Waals surface area contributed by atoms with Gasteiger partial charge in [0.1, 0.15) is 0 Å². The average Bonchev–Trinajstić information content (AvgIpc) is 3.01. The van der Waals surface area contributed by atoms with Gasteiger partial charge in [-0.05, 0) is 30.2 Å². The summed E-state index contributed by atoms with van der Waals surface area (Å²) in [5, 5.41) is 15.1. The lowest BCUT2D eigenvalue weighted by Crippen LogP contribution is -2.02. The molecule has 0 saturated heterocycles. The first-order chi connectivity index (χ1) is 12.5. The molecule has 2 aromatic carbocycles. The van der Waals surface area contributed by atoms with E-state index in [1.165, 1.54) is 5.56 Å². The van der Waals surface area contributed by atoms with Gasteiger partial charge in [0.05, 0.1) is 4.92 Å². The Labute approximate surface area is 164 Å². The summed E-state index contributed by atoms with van der Waals surface area (Å²) >= 11 is 5.18. The number of hydrogen-bond donors (Lipinski definition) is 0. The van der Waals surface area contributed by atoms with Gasteiger partial charge < -0.3 is 4.52 Å². The molecule has 5 nitrogen and oxygen atoms in total. The zero-order chi connectivity index (χ0) is 18.5. The lowest BCUT2D eigenvalue weighted by atomic mass is 10.1. The van der Waals surface area contributed by atoms with E-state index in [2.05, 4.69) is 33.2 Å². The molecule has 3 aromatic rings. The summed E-state index contributed by atoms with van der Waals surface area (Å²) in [5.41, 5.74) is 2.60. The maximum absolute atomic E-state index is 11.3. The van der Waals surface area contributed by atoms with Crippen LogP contribution in [0.2, 0.25) is 0 Å². The van der Waals surface area contributed by atoms with E-state index in [0.29, 0.717) is 17.9 Å². The third kappa shape index (κ3) is 4.53. The molecular formula is C19H17BrN2O3S. The van der Waals surface area contributed by atoms with Crippen LogP contribution >= 0.6 is 27.7 Å². The van der Waals surface area contributed by atoms with Crippen LogP contribution in [0.4, 0.5) is 5.69 Å². The largest absolute Gasteiger partial charge is 0.354 e. The Morgan fingerprint density at radius 1 is 1.19 bits per heavy atom. The van der Waals surface area contributed by atoms with Crippen LogP contribution < -0.4 is 0 Å². The number of nitro groups is 1. The fourth-order valence-electron chi connectivity index (χ4n) is 2.67. The van der Waals surface area contributed by atoms with Gasteiger partial charge in [-0.25, -0.2) is 0 Å². The van der Waals surface area contributed by atoms with Crippen LogP contribution in [0.3, 0.4) is 0 Å². The van der Waals surface area contributed by atoms with Gasteiger partial charge in [-0.3, -0.25) is 10.1 Å². The number of halogens is 1. The third-order valence-corrected chi connectivity index (χ3v) is 5.86. The van der Waals surface area contributed by atoms with Crippen molar-refractivity contribution < 1.29 is 9.45 Å². The van der Waals surface area contributed by atoms with Gasteiger partial charge in [0.15, 0.2) is 5.69 Å². The van der Waals surface area contributed by atoms with Crippen molar-refractivity contribution in [3.05, 3.63) is 91.8 Å². The molecule has 0 fully saturated rings. The van der Waals surface area contributed by atoms with E-state index >= 15 is 0 Å². The van der Waals surface area contributed by atoms with Crippen molar-refractivity contribution in [2.75, 3.05) is 0 Å². The van der Waals surface area contributed by atoms with Crippen molar-refractivity contribution in [3.63, 3.8) is 0 Å². The predicted octanol–water partition coefficient (Wildman–Crippen LogP) is 5.87. The van der Waals surface area contributed by atoms with Crippen molar-refractivity contribution >= 4 is 33.4 Å². The van der Waals surface area contributed by atoms with E-state index in [-0.39, 0.29) is 10.9 Å². The second-order valence-electron chi connectivity index (χ2n) is 5.84. The molecule has 0 bridgehead atoms. The first-order valence-electron chi connectivity index (χ1n) is 8.05. The second-order valence-corrected chi connectivity index (χ2v) is 7.94. The number of benzene rings is 2. The first kappa shape index (κ1) is 18.7. The highest BCUT2D eigenvalue weighted by Crippen LogP contribution is 2.37. The van der Waals surface area contributed by atoms with Crippen molar-refractivity contribution in [1.82, 2.24) is 5.16 Å². The van der Waals surface area contributed by atoms with E-state index in [1.807, 2.05) is 42.5 Å². The third-order valence-electron chi connectivity index (χ3n) is 3.99. The Kier molecular flexibility index (Phi) is 6.11. The maximum Gasteiger partial charge on any atom is 0.334 e. The minimum absolute atomic E-state index is 0.0209. The van der Waals surface area contributed by atoms with Gasteiger partial charge in [0.25, 0.3) is 0 Å². The van der Waals surface area contributed by atoms with Crippen molar-refractivity contribution in [1.29, 1.82) is 0 Å². The molecule has 134 valence electrons. The average molecular weight is 433 g/mol. The fourth-order valence-corrected chi connectivity index (χ4v) is 4.14. The molecule has 1 heterocycles. The topological polar surface area (TPSA) is 69.2 Å². The fraction of sp³-hybridized carbons (Fsp3) is 0.211. The quantitative estimate of drug-likeness (QED) is 0.344. The standard InChI is InChI=1S/C19H17BrN2O3S/c1-13-19(22(23)24)17(25-21-13)11-18(15-7-9-16(20)10-8-15)26-12-14-5-3-2-4-6-14/h2-10,18H,11-12H2,1H3. The van der Waals surface area contributed by atoms with Gasteiger partial charge >= 0.3 is 5.69 Å². The van der Waals surface area contributed by atoms with Gasteiger partial charge in [0.2, 0.25) is 5.76 Å². The Morgan fingerprint density at radius 2 is 1.88 bits per heavy atom. The summed E-state index contributed by atoms with van der Waals surface area (Å²) in [6.45, 7) is 1.59. The lowest BCUT2D eigenvalue weighted by Gasteiger charge is -2.16. The minimum atomic E-state index is -0.415. The molecule has 0 aliphatic rings. The molecule has 0 amide bonds. The smallest absolute Gasteiger partial charge is 0.334 e. The highest BCUT2D eigenvalue weighted by molar-refractivity contribution is 9.10. The molecule has 1 aromatic heterocycles. The molecule has 3 rings (SSSR count). The molecule has 1 unspecified atom stereocenters. The van der Waals surface area contributed by atoms with E-state index in [9.17, 15) is 10.1 Å². The molecule has 0 aliphatic heterocycles. The molecule has 7 heteroatoms. The van der Waals surface area contributed by atoms with Gasteiger partial charge in [0, 0.05) is 21.9 Å². The molecular weight excluding hydrogens is 416 g/mol. The summed E-state index contributed by atoms with van der Waals surface area (Å²) in [4.78, 5) is 10.9. The Balaban J connectivity index is 1.85. The SMILES string of the molecule is Cc1noc(CC(SCc2ccccc2)c2ccc(Br)cc2)c1[N+](=O)[O-]. The highest BCUT2D eigenvalue weighted by Gasteiger charge is 2.27. The number of nitrogens with zero attached hydrogens (tertiary/aromatic N) is 2. The number of hydrogen-bond acceptors (Lipinski definition) is 5. The van der Waals surface area contributed by atoms with Crippen molar-refractivity contribution in [2.24, 2.45) is 0 Å². The van der Waals surface area contributed by atoms with Crippen LogP contribution in [0.25, 0.3) is 0 Å². The summed E-state index contributed by atoms with van der Waals surface area (Å²) in [6.07, 6.45) is 0.413. The second kappa shape index (κ2) is 8.51. The summed E-state index contributed by atoms with van der Waals surface area (Å²) in [5.74, 6) is 1.13. The Hall–Kier alpha value is -2.12. The highest BCUT2D eigenvalue weighted by atomic mass is 79.9. The predicted molar refractivity (Wildman–Crippen MR) is 106 cm³/mol. The summed E-state index contributed by atoms with van der Waals surface area (Å²) in [6, 6.07) is 18.2. The van der Waals surface area contributed by atoms with E-state index in [0.717, 1.165) is 15.8 Å². The zero-order valence-corrected chi connectivity index (χ0v) is 16.5. The number of thioether (sulfide) groups is 1. The van der Waals surface area contributed by atoms with E-state index in [4.69, 9.17) is 4.52 Å². The molecule has 0 saturated carbocycles. The molecule has 26 heavy (non-hydrogen) atoms. The van der Waals surface area contributed by atoms with Gasteiger partial charge in [-0.15, -0.1) is 11.8 Å². The monoisotopic (exact) mass is 432 g/mol. The molecule has 0 aliphatic carbocycles. The van der Waals surface area contributed by atoms with Crippen LogP contribution in [0.1, 0.15) is 27.8 Å². The summed E-state index contributed by atoms with van der Waals surface area (Å²) in [7, 11) is 0. The van der Waals surface area contributed by atoms with Gasteiger partial charge in [-0.2, -0.15) is 0 Å². The van der Waals surface area contributed by atoms with Crippen molar-refractivity contribution in [3.8, 4) is 0 Å². The molecule has 0 N–H and O–H groups in total.